The van der Waals surface area contributed by atoms with Crippen LogP contribution in [0.4, 0.5) is 10.5 Å². The van der Waals surface area contributed by atoms with E-state index in [2.05, 4.69) is 10.8 Å². The van der Waals surface area contributed by atoms with Crippen LogP contribution in [0.5, 0.6) is 0 Å². The summed E-state index contributed by atoms with van der Waals surface area (Å²) >= 11 is 0. The molecule has 0 bridgehead atoms. The maximum atomic E-state index is 12.6. The third-order valence-corrected chi connectivity index (χ3v) is 4.89. The van der Waals surface area contributed by atoms with Gasteiger partial charge < -0.3 is 14.6 Å². The third kappa shape index (κ3) is 2.85. The van der Waals surface area contributed by atoms with Crippen LogP contribution in [-0.2, 0) is 21.0 Å². The van der Waals surface area contributed by atoms with Gasteiger partial charge in [0.1, 0.15) is 6.04 Å². The van der Waals surface area contributed by atoms with Crippen LogP contribution >= 0.6 is 0 Å². The zero-order valence-electron chi connectivity index (χ0n) is 14.0. The van der Waals surface area contributed by atoms with Gasteiger partial charge in [-0.1, -0.05) is 0 Å². The molecule has 1 aromatic carbocycles. The summed E-state index contributed by atoms with van der Waals surface area (Å²) in [6, 6.07) is 4.37. The highest BCUT2D eigenvalue weighted by atomic mass is 16.7. The SMILES string of the molecule is O=C1CCC(N2Cc3cc(NOC(=O)N4CCC4)ccc3C2=O)C(=O)N1. The van der Waals surface area contributed by atoms with Crippen LogP contribution in [0.15, 0.2) is 18.2 Å². The van der Waals surface area contributed by atoms with Gasteiger partial charge in [-0.2, -0.15) is 0 Å². The molecule has 0 spiro atoms. The number of benzene rings is 1. The molecule has 1 unspecified atom stereocenters. The van der Waals surface area contributed by atoms with Crippen molar-refractivity contribution >= 4 is 29.5 Å². The van der Waals surface area contributed by atoms with Gasteiger partial charge >= 0.3 is 6.09 Å². The van der Waals surface area contributed by atoms with Crippen molar-refractivity contribution < 1.29 is 24.0 Å². The molecule has 2 N–H and O–H groups in total. The van der Waals surface area contributed by atoms with Gasteiger partial charge in [0.15, 0.2) is 0 Å². The highest BCUT2D eigenvalue weighted by Crippen LogP contribution is 2.29. The normalized spacial score (nSPS) is 21.8. The van der Waals surface area contributed by atoms with Gasteiger partial charge in [0, 0.05) is 31.6 Å². The monoisotopic (exact) mass is 358 g/mol. The van der Waals surface area contributed by atoms with Gasteiger partial charge in [0.05, 0.1) is 5.69 Å². The fourth-order valence-corrected chi connectivity index (χ4v) is 3.30. The molecular weight excluding hydrogens is 340 g/mol. The first-order valence-electron chi connectivity index (χ1n) is 8.52. The van der Waals surface area contributed by atoms with Crippen LogP contribution < -0.4 is 10.8 Å². The molecule has 136 valence electrons. The summed E-state index contributed by atoms with van der Waals surface area (Å²) in [6.45, 7) is 1.66. The topological polar surface area (TPSA) is 108 Å². The smallest absolute Gasteiger partial charge is 0.324 e. The minimum absolute atomic E-state index is 0.218. The molecule has 4 amide bonds. The number of hydrogen-bond acceptors (Lipinski definition) is 6. The van der Waals surface area contributed by atoms with Crippen LogP contribution in [0.25, 0.3) is 0 Å². The Balaban J connectivity index is 1.43. The van der Waals surface area contributed by atoms with Crippen molar-refractivity contribution in [3.63, 3.8) is 0 Å². The number of nitrogens with zero attached hydrogens (tertiary/aromatic N) is 2. The molecule has 0 aromatic heterocycles. The molecule has 3 aliphatic heterocycles. The maximum Gasteiger partial charge on any atom is 0.434 e. The van der Waals surface area contributed by atoms with Gasteiger partial charge in [-0.05, 0) is 36.6 Å². The average Bonchev–Trinajstić information content (AvgIpc) is 2.88. The zero-order chi connectivity index (χ0) is 18.3. The second kappa shape index (κ2) is 6.32. The van der Waals surface area contributed by atoms with Crippen molar-refractivity contribution in [1.82, 2.24) is 15.1 Å². The van der Waals surface area contributed by atoms with Gasteiger partial charge in [-0.15, -0.1) is 0 Å². The van der Waals surface area contributed by atoms with Gasteiger partial charge in [-0.3, -0.25) is 19.7 Å². The number of nitrogens with one attached hydrogen (secondary N) is 2. The first kappa shape index (κ1) is 16.4. The van der Waals surface area contributed by atoms with Crippen molar-refractivity contribution in [3.05, 3.63) is 29.3 Å². The van der Waals surface area contributed by atoms with Gasteiger partial charge in [0.25, 0.3) is 5.91 Å². The Hall–Kier alpha value is -3.10. The van der Waals surface area contributed by atoms with Gasteiger partial charge in [-0.25, -0.2) is 10.3 Å². The number of fused-ring (bicyclic) bond motifs is 1. The molecule has 0 aliphatic carbocycles. The fourth-order valence-electron chi connectivity index (χ4n) is 3.30. The Morgan fingerprint density at radius 3 is 2.73 bits per heavy atom. The number of rotatable bonds is 3. The standard InChI is InChI=1S/C17H18N4O5/c22-14-5-4-13(15(23)18-14)21-9-10-8-11(2-3-12(10)16(21)24)19-26-17(25)20-6-1-7-20/h2-3,8,13,19H,1,4-7,9H2,(H,18,22,23). The highest BCUT2D eigenvalue weighted by molar-refractivity contribution is 6.05. The van der Waals surface area contributed by atoms with Crippen molar-refractivity contribution in [2.24, 2.45) is 0 Å². The summed E-state index contributed by atoms with van der Waals surface area (Å²) in [4.78, 5) is 55.7. The largest absolute Gasteiger partial charge is 0.434 e. The summed E-state index contributed by atoms with van der Waals surface area (Å²) in [5, 5.41) is 2.27. The van der Waals surface area contributed by atoms with Crippen LogP contribution in [0.1, 0.15) is 35.2 Å². The van der Waals surface area contributed by atoms with E-state index in [9.17, 15) is 19.2 Å². The molecule has 1 aromatic rings. The lowest BCUT2D eigenvalue weighted by atomic mass is 10.0. The van der Waals surface area contributed by atoms with E-state index in [1.807, 2.05) is 0 Å². The molecule has 3 aliphatic rings. The van der Waals surface area contributed by atoms with Crippen molar-refractivity contribution in [2.45, 2.75) is 31.8 Å². The zero-order valence-corrected chi connectivity index (χ0v) is 14.0. The van der Waals surface area contributed by atoms with E-state index in [-0.39, 0.29) is 24.8 Å². The minimum Gasteiger partial charge on any atom is -0.324 e. The predicted molar refractivity (Wildman–Crippen MR) is 88.8 cm³/mol. The van der Waals surface area contributed by atoms with Crippen molar-refractivity contribution in [1.29, 1.82) is 0 Å². The second-order valence-corrected chi connectivity index (χ2v) is 6.58. The molecule has 3 heterocycles. The number of likely N-dealkylation sites (tertiary alicyclic amines) is 1. The number of anilines is 1. The molecular formula is C17H18N4O5. The fraction of sp³-hybridized carbons (Fsp3) is 0.412. The Bertz CT molecular complexity index is 804. The Morgan fingerprint density at radius 2 is 2.04 bits per heavy atom. The van der Waals surface area contributed by atoms with E-state index < -0.39 is 18.0 Å². The molecule has 2 fully saturated rings. The lowest BCUT2D eigenvalue weighted by Gasteiger charge is -2.29. The maximum absolute atomic E-state index is 12.6. The van der Waals surface area contributed by atoms with Crippen LogP contribution in [0.3, 0.4) is 0 Å². The first-order valence-corrected chi connectivity index (χ1v) is 8.52. The number of imide groups is 1. The lowest BCUT2D eigenvalue weighted by molar-refractivity contribution is -0.136. The molecule has 1 atom stereocenters. The van der Waals surface area contributed by atoms with E-state index in [1.54, 1.807) is 23.1 Å². The van der Waals surface area contributed by atoms with Crippen molar-refractivity contribution in [2.75, 3.05) is 18.6 Å². The van der Waals surface area contributed by atoms with Crippen LogP contribution in [-0.4, -0.2) is 52.7 Å². The van der Waals surface area contributed by atoms with E-state index in [4.69, 9.17) is 4.84 Å². The van der Waals surface area contributed by atoms with Crippen molar-refractivity contribution in [3.8, 4) is 0 Å². The molecule has 9 nitrogen and oxygen atoms in total. The molecule has 9 heteroatoms. The molecule has 0 radical (unpaired) electrons. The van der Waals surface area contributed by atoms with Crippen LogP contribution in [0.2, 0.25) is 0 Å². The molecule has 0 saturated carbocycles. The quantitative estimate of drug-likeness (QED) is 0.606. The van der Waals surface area contributed by atoms with E-state index in [1.165, 1.54) is 4.90 Å². The number of carbonyl (C=O) groups excluding carboxylic acids is 4. The first-order chi connectivity index (χ1) is 12.5. The number of hydrogen-bond donors (Lipinski definition) is 2. The molecule has 4 rings (SSSR count). The number of carbonyl (C=O) groups is 4. The lowest BCUT2D eigenvalue weighted by Crippen LogP contribution is -2.52. The van der Waals surface area contributed by atoms with E-state index in [0.717, 1.165) is 12.0 Å². The third-order valence-electron chi connectivity index (χ3n) is 4.89. The summed E-state index contributed by atoms with van der Waals surface area (Å²) in [5.41, 5.74) is 4.40. The van der Waals surface area contributed by atoms with Gasteiger partial charge in [0.2, 0.25) is 11.8 Å². The summed E-state index contributed by atoms with van der Waals surface area (Å²) in [7, 11) is 0. The Labute approximate surface area is 149 Å². The summed E-state index contributed by atoms with van der Waals surface area (Å²) in [6.07, 6.45) is 1.09. The Kier molecular flexibility index (Phi) is 3.98. The summed E-state index contributed by atoms with van der Waals surface area (Å²) < 4.78 is 0. The molecule has 26 heavy (non-hydrogen) atoms. The predicted octanol–water partition coefficient (Wildman–Crippen LogP) is 0.617. The molecule has 2 saturated heterocycles. The summed E-state index contributed by atoms with van der Waals surface area (Å²) in [5.74, 6) is -0.992. The number of amides is 4. The minimum atomic E-state index is -0.645. The second-order valence-electron chi connectivity index (χ2n) is 6.58. The average molecular weight is 358 g/mol. The highest BCUT2D eigenvalue weighted by Gasteiger charge is 2.39. The Morgan fingerprint density at radius 1 is 1.23 bits per heavy atom. The van der Waals surface area contributed by atoms with Crippen LogP contribution in [0, 0.1) is 0 Å². The van der Waals surface area contributed by atoms with E-state index in [0.29, 0.717) is 30.8 Å². The number of piperidine rings is 1. The van der Waals surface area contributed by atoms with E-state index >= 15 is 0 Å².